The molecule has 0 fully saturated rings. The van der Waals surface area contributed by atoms with E-state index >= 15 is 0 Å². The standard InChI is InChI=1S/C11H9N3O4S/c15-8-1-2-10(14(17)18)9(3-8)11(16)12-4-7-5-19-6-13-7/h1-3,5-6,15H,4H2,(H,12,16). The molecule has 0 aliphatic rings. The number of hydrogen-bond acceptors (Lipinski definition) is 6. The Hall–Kier alpha value is -2.48. The Kier molecular flexibility index (Phi) is 3.71. The highest BCUT2D eigenvalue weighted by Gasteiger charge is 2.20. The van der Waals surface area contributed by atoms with E-state index in [1.165, 1.54) is 11.3 Å². The third-order valence-electron chi connectivity index (χ3n) is 2.33. The molecule has 98 valence electrons. The summed E-state index contributed by atoms with van der Waals surface area (Å²) in [5.74, 6) is -0.833. The lowest BCUT2D eigenvalue weighted by atomic mass is 10.1. The Morgan fingerprint density at radius 3 is 2.95 bits per heavy atom. The van der Waals surface area contributed by atoms with Crippen molar-refractivity contribution in [3.63, 3.8) is 0 Å². The molecule has 0 saturated carbocycles. The topological polar surface area (TPSA) is 105 Å². The zero-order chi connectivity index (χ0) is 13.8. The normalized spacial score (nSPS) is 10.1. The fourth-order valence-electron chi connectivity index (χ4n) is 1.46. The first kappa shape index (κ1) is 13.0. The van der Waals surface area contributed by atoms with Crippen molar-refractivity contribution in [1.29, 1.82) is 0 Å². The molecule has 2 rings (SSSR count). The van der Waals surface area contributed by atoms with Crippen LogP contribution in [0.2, 0.25) is 0 Å². The number of amides is 1. The van der Waals surface area contributed by atoms with Gasteiger partial charge in [-0.15, -0.1) is 11.3 Å². The highest BCUT2D eigenvalue weighted by atomic mass is 32.1. The summed E-state index contributed by atoms with van der Waals surface area (Å²) in [6, 6.07) is 3.32. The molecule has 2 N–H and O–H groups in total. The molecular formula is C11H9N3O4S. The lowest BCUT2D eigenvalue weighted by molar-refractivity contribution is -0.385. The van der Waals surface area contributed by atoms with Gasteiger partial charge in [0, 0.05) is 11.4 Å². The van der Waals surface area contributed by atoms with Gasteiger partial charge in [0.2, 0.25) is 0 Å². The molecule has 0 atom stereocenters. The number of hydrogen-bond donors (Lipinski definition) is 2. The van der Waals surface area contributed by atoms with Gasteiger partial charge in [-0.25, -0.2) is 4.98 Å². The molecule has 0 spiro atoms. The fourth-order valence-corrected chi connectivity index (χ4v) is 2.01. The van der Waals surface area contributed by atoms with E-state index in [9.17, 15) is 20.0 Å². The molecule has 1 aromatic carbocycles. The number of rotatable bonds is 4. The fraction of sp³-hybridized carbons (Fsp3) is 0.0909. The lowest BCUT2D eigenvalue weighted by Crippen LogP contribution is -2.23. The predicted molar refractivity (Wildman–Crippen MR) is 68.0 cm³/mol. The molecule has 0 aliphatic heterocycles. The summed E-state index contributed by atoms with van der Waals surface area (Å²) in [5, 5.41) is 24.4. The SMILES string of the molecule is O=C(NCc1cscn1)c1cc(O)ccc1[N+](=O)[O-]. The Morgan fingerprint density at radius 2 is 2.32 bits per heavy atom. The van der Waals surface area contributed by atoms with Gasteiger partial charge in [-0.2, -0.15) is 0 Å². The number of aromatic nitrogens is 1. The van der Waals surface area contributed by atoms with E-state index in [2.05, 4.69) is 10.3 Å². The van der Waals surface area contributed by atoms with Gasteiger partial charge < -0.3 is 10.4 Å². The average Bonchev–Trinajstić information content (AvgIpc) is 2.88. The number of thiazole rings is 1. The molecule has 19 heavy (non-hydrogen) atoms. The summed E-state index contributed by atoms with van der Waals surface area (Å²) in [4.78, 5) is 26.0. The number of phenols is 1. The molecule has 0 aliphatic carbocycles. The van der Waals surface area contributed by atoms with E-state index in [-0.39, 0.29) is 23.5 Å². The molecular weight excluding hydrogens is 270 g/mol. The van der Waals surface area contributed by atoms with Gasteiger partial charge in [0.25, 0.3) is 11.6 Å². The summed E-state index contributed by atoms with van der Waals surface area (Å²) < 4.78 is 0. The Bertz CT molecular complexity index is 612. The molecule has 0 saturated heterocycles. The van der Waals surface area contributed by atoms with E-state index in [4.69, 9.17) is 0 Å². The second-order valence-corrected chi connectivity index (χ2v) is 4.34. The maximum Gasteiger partial charge on any atom is 0.282 e. The number of nitro benzene ring substituents is 1. The van der Waals surface area contributed by atoms with Gasteiger partial charge in [-0.3, -0.25) is 14.9 Å². The smallest absolute Gasteiger partial charge is 0.282 e. The molecule has 1 aromatic heterocycles. The summed E-state index contributed by atoms with van der Waals surface area (Å²) in [7, 11) is 0. The number of nitrogens with one attached hydrogen (secondary N) is 1. The molecule has 8 heteroatoms. The van der Waals surface area contributed by atoms with Crippen LogP contribution in [0.1, 0.15) is 16.1 Å². The monoisotopic (exact) mass is 279 g/mol. The van der Waals surface area contributed by atoms with E-state index < -0.39 is 10.8 Å². The number of benzene rings is 1. The van der Waals surface area contributed by atoms with E-state index in [0.29, 0.717) is 5.69 Å². The largest absolute Gasteiger partial charge is 0.508 e. The number of nitrogens with zero attached hydrogens (tertiary/aromatic N) is 2. The van der Waals surface area contributed by atoms with Crippen molar-refractivity contribution in [2.45, 2.75) is 6.54 Å². The van der Waals surface area contributed by atoms with Crippen LogP contribution in [0.4, 0.5) is 5.69 Å². The van der Waals surface area contributed by atoms with Crippen LogP contribution in [0.3, 0.4) is 0 Å². The molecule has 1 heterocycles. The highest BCUT2D eigenvalue weighted by Crippen LogP contribution is 2.23. The first-order valence-electron chi connectivity index (χ1n) is 5.20. The number of carbonyl (C=O) groups excluding carboxylic acids is 1. The van der Waals surface area contributed by atoms with Gasteiger partial charge >= 0.3 is 0 Å². The van der Waals surface area contributed by atoms with Gasteiger partial charge in [-0.05, 0) is 12.1 Å². The summed E-state index contributed by atoms with van der Waals surface area (Å²) in [6.45, 7) is 0.176. The van der Waals surface area contributed by atoms with Crippen molar-refractivity contribution in [3.8, 4) is 5.75 Å². The van der Waals surface area contributed by atoms with Crippen LogP contribution in [0.25, 0.3) is 0 Å². The first-order valence-corrected chi connectivity index (χ1v) is 6.15. The van der Waals surface area contributed by atoms with Crippen LogP contribution in [0.5, 0.6) is 5.75 Å². The number of carbonyl (C=O) groups is 1. The third-order valence-corrected chi connectivity index (χ3v) is 2.97. The quantitative estimate of drug-likeness (QED) is 0.654. The van der Waals surface area contributed by atoms with Gasteiger partial charge in [-0.1, -0.05) is 0 Å². The van der Waals surface area contributed by atoms with Gasteiger partial charge in [0.1, 0.15) is 11.3 Å². The van der Waals surface area contributed by atoms with Gasteiger partial charge in [0.05, 0.1) is 22.7 Å². The molecule has 2 aromatic rings. The van der Waals surface area contributed by atoms with Crippen LogP contribution in [0, 0.1) is 10.1 Å². The molecule has 7 nitrogen and oxygen atoms in total. The van der Waals surface area contributed by atoms with Crippen molar-refractivity contribution in [2.75, 3.05) is 0 Å². The maximum absolute atomic E-state index is 11.9. The van der Waals surface area contributed by atoms with E-state index in [1.54, 1.807) is 10.9 Å². The Morgan fingerprint density at radius 1 is 1.53 bits per heavy atom. The molecule has 0 bridgehead atoms. The first-order chi connectivity index (χ1) is 9.08. The van der Waals surface area contributed by atoms with Gasteiger partial charge in [0.15, 0.2) is 0 Å². The Balaban J connectivity index is 2.18. The predicted octanol–water partition coefficient (Wildman–Crippen LogP) is 1.69. The minimum Gasteiger partial charge on any atom is -0.508 e. The number of aromatic hydroxyl groups is 1. The zero-order valence-corrected chi connectivity index (χ0v) is 10.4. The van der Waals surface area contributed by atoms with Crippen LogP contribution >= 0.6 is 11.3 Å². The Labute approximate surface area is 111 Å². The molecule has 0 unspecified atom stereocenters. The van der Waals surface area contributed by atoms with Crippen molar-refractivity contribution in [1.82, 2.24) is 10.3 Å². The molecule has 1 amide bonds. The summed E-state index contributed by atoms with van der Waals surface area (Å²) in [6.07, 6.45) is 0. The van der Waals surface area contributed by atoms with Crippen molar-refractivity contribution in [2.24, 2.45) is 0 Å². The van der Waals surface area contributed by atoms with Crippen LogP contribution in [-0.2, 0) is 6.54 Å². The second kappa shape index (κ2) is 5.44. The minimum absolute atomic E-state index is 0.176. The lowest BCUT2D eigenvalue weighted by Gasteiger charge is -2.04. The number of phenolic OH excluding ortho intramolecular Hbond substituents is 1. The maximum atomic E-state index is 11.9. The second-order valence-electron chi connectivity index (χ2n) is 3.62. The van der Waals surface area contributed by atoms with E-state index in [1.807, 2.05) is 0 Å². The average molecular weight is 279 g/mol. The van der Waals surface area contributed by atoms with Crippen LogP contribution in [-0.4, -0.2) is 20.9 Å². The number of nitro groups is 1. The van der Waals surface area contributed by atoms with Crippen molar-refractivity contribution in [3.05, 3.63) is 50.5 Å². The molecule has 0 radical (unpaired) electrons. The van der Waals surface area contributed by atoms with Crippen molar-refractivity contribution < 1.29 is 14.8 Å². The van der Waals surface area contributed by atoms with Crippen molar-refractivity contribution >= 4 is 22.9 Å². The summed E-state index contributed by atoms with van der Waals surface area (Å²) in [5.41, 5.74) is 1.76. The van der Waals surface area contributed by atoms with E-state index in [0.717, 1.165) is 18.2 Å². The van der Waals surface area contributed by atoms with Crippen LogP contribution in [0.15, 0.2) is 29.1 Å². The van der Waals surface area contributed by atoms with Crippen LogP contribution < -0.4 is 5.32 Å². The highest BCUT2D eigenvalue weighted by molar-refractivity contribution is 7.07. The zero-order valence-electron chi connectivity index (χ0n) is 9.57. The minimum atomic E-state index is -0.669. The summed E-state index contributed by atoms with van der Waals surface area (Å²) >= 11 is 1.39. The third kappa shape index (κ3) is 3.05.